The molecule has 0 bridgehead atoms. The average Bonchev–Trinajstić information content (AvgIpc) is 3.15. The van der Waals surface area contributed by atoms with Crippen molar-refractivity contribution in [1.82, 2.24) is 5.32 Å². The molecule has 1 heterocycles. The van der Waals surface area contributed by atoms with Crippen LogP contribution in [0.3, 0.4) is 0 Å². The second-order valence-corrected chi connectivity index (χ2v) is 8.95. The average molecular weight is 514 g/mol. The summed E-state index contributed by atoms with van der Waals surface area (Å²) < 4.78 is 28.2. The number of carbonyl (C=O) groups excluding carboxylic acids is 2. The van der Waals surface area contributed by atoms with Crippen molar-refractivity contribution in [2.75, 3.05) is 35.0 Å². The van der Waals surface area contributed by atoms with Crippen LogP contribution in [0.2, 0.25) is 0 Å². The van der Waals surface area contributed by atoms with E-state index in [4.69, 9.17) is 23.7 Å². The van der Waals surface area contributed by atoms with E-state index in [0.717, 1.165) is 53.5 Å². The first kappa shape index (κ1) is 29.2. The van der Waals surface area contributed by atoms with Gasteiger partial charge in [0.05, 0.1) is 40.3 Å². The summed E-state index contributed by atoms with van der Waals surface area (Å²) in [5.74, 6) is 2.89. The first-order valence-electron chi connectivity index (χ1n) is 11.0. The number of ether oxygens (including phenoxy) is 5. The van der Waals surface area contributed by atoms with Crippen molar-refractivity contribution in [3.05, 3.63) is 41.0 Å². The van der Waals surface area contributed by atoms with Crippen LogP contribution in [0, 0.1) is 6.92 Å². The van der Waals surface area contributed by atoms with Gasteiger partial charge in [0.1, 0.15) is 5.75 Å². The van der Waals surface area contributed by atoms with Crippen LogP contribution in [0.25, 0.3) is 0 Å². The zero-order valence-corrected chi connectivity index (χ0v) is 24.0. The maximum Gasteiger partial charge on any atom is 1.00 e. The Bertz CT molecular complexity index is 1040. The van der Waals surface area contributed by atoms with Gasteiger partial charge in [-0.15, -0.1) is 0 Å². The summed E-state index contributed by atoms with van der Waals surface area (Å²) in [6, 6.07) is 7.63. The van der Waals surface area contributed by atoms with E-state index < -0.39 is 0 Å². The van der Waals surface area contributed by atoms with Gasteiger partial charge >= 0.3 is 29.6 Å². The molecule has 1 fully saturated rings. The Morgan fingerprint density at radius 3 is 2.03 bits per heavy atom. The van der Waals surface area contributed by atoms with Gasteiger partial charge in [0.2, 0.25) is 17.4 Å². The van der Waals surface area contributed by atoms with Crippen molar-refractivity contribution in [2.24, 2.45) is 0 Å². The largest absolute Gasteiger partial charge is 1.00 e. The third kappa shape index (κ3) is 7.00. The monoisotopic (exact) mass is 513 g/mol. The van der Waals surface area contributed by atoms with Gasteiger partial charge in [-0.25, -0.2) is 0 Å². The Hall–Kier alpha value is -2.07. The van der Waals surface area contributed by atoms with Gasteiger partial charge < -0.3 is 25.1 Å². The molecule has 1 N–H and O–H groups in total. The van der Waals surface area contributed by atoms with Crippen LogP contribution >= 0.6 is 11.8 Å². The van der Waals surface area contributed by atoms with Crippen molar-refractivity contribution in [1.29, 1.82) is 0 Å². The maximum atomic E-state index is 11.7. The van der Waals surface area contributed by atoms with Crippen molar-refractivity contribution >= 4 is 22.9 Å². The Morgan fingerprint density at radius 2 is 1.49 bits per heavy atom. The number of methoxy groups -OCH3 is 4. The van der Waals surface area contributed by atoms with E-state index in [2.05, 4.69) is 5.32 Å². The van der Waals surface area contributed by atoms with E-state index in [-0.39, 0.29) is 47.4 Å². The number of thioether (sulfide) groups is 1. The molecule has 1 aliphatic rings. The second-order valence-electron chi connectivity index (χ2n) is 7.77. The molecule has 35 heavy (non-hydrogen) atoms. The fourth-order valence-corrected chi connectivity index (χ4v) is 4.87. The number of amides is 2. The molecule has 0 saturated carbocycles. The molecule has 8 nitrogen and oxygen atoms in total. The molecular weight excluding hydrogens is 481 g/mol. The van der Waals surface area contributed by atoms with E-state index in [1.54, 1.807) is 28.4 Å². The molecular formula is C25H32NNaO7S. The molecule has 2 aromatic carbocycles. The molecule has 0 radical (unpaired) electrons. The van der Waals surface area contributed by atoms with Gasteiger partial charge in [-0.2, -0.15) is 0 Å². The van der Waals surface area contributed by atoms with Gasteiger partial charge in [-0.3, -0.25) is 14.9 Å². The number of rotatable bonds is 12. The minimum atomic E-state index is -0.366. The predicted octanol–water partition coefficient (Wildman–Crippen LogP) is 1.44. The molecule has 0 aliphatic carbocycles. The van der Waals surface area contributed by atoms with E-state index in [9.17, 15) is 9.59 Å². The summed E-state index contributed by atoms with van der Waals surface area (Å²) >= 11 is 1.04. The number of hydrogen-bond acceptors (Lipinski definition) is 8. The normalized spacial score (nSPS) is 14.7. The summed E-state index contributed by atoms with van der Waals surface area (Å²) in [6.45, 7) is 2.56. The van der Waals surface area contributed by atoms with Gasteiger partial charge in [-0.05, 0) is 50.3 Å². The van der Waals surface area contributed by atoms with Crippen molar-refractivity contribution < 1.29 is 64.3 Å². The zero-order valence-electron chi connectivity index (χ0n) is 22.2. The van der Waals surface area contributed by atoms with Crippen LogP contribution in [-0.4, -0.2) is 51.4 Å². The summed E-state index contributed by atoms with van der Waals surface area (Å²) in [6.07, 6.45) is 3.02. The molecule has 3 rings (SSSR count). The van der Waals surface area contributed by atoms with E-state index in [1.165, 1.54) is 0 Å². The van der Waals surface area contributed by atoms with Crippen molar-refractivity contribution in [3.63, 3.8) is 0 Å². The van der Waals surface area contributed by atoms with Crippen LogP contribution in [0.4, 0.5) is 4.79 Å². The molecule has 1 saturated heterocycles. The van der Waals surface area contributed by atoms with Gasteiger partial charge in [-0.1, -0.05) is 23.9 Å². The van der Waals surface area contributed by atoms with Crippen LogP contribution in [0.15, 0.2) is 24.3 Å². The number of benzene rings is 2. The fourth-order valence-electron chi connectivity index (χ4n) is 4.01. The SMILES string of the molecule is COc1c(C)c(CCCCOc2ccc(CC3SC(=O)NC3=O)cc2)c(OC)c(OC)c1OC.[H-].[Na+]. The molecule has 186 valence electrons. The summed E-state index contributed by atoms with van der Waals surface area (Å²) in [5.41, 5.74) is 2.97. The third-order valence-electron chi connectivity index (χ3n) is 5.70. The van der Waals surface area contributed by atoms with E-state index in [0.29, 0.717) is 36.0 Å². The van der Waals surface area contributed by atoms with Crippen LogP contribution in [0.5, 0.6) is 28.7 Å². The molecule has 0 spiro atoms. The number of nitrogens with one attached hydrogen (secondary N) is 1. The van der Waals surface area contributed by atoms with Crippen LogP contribution in [-0.2, 0) is 17.6 Å². The molecule has 2 amide bonds. The first-order chi connectivity index (χ1) is 16.4. The summed E-state index contributed by atoms with van der Waals surface area (Å²) in [5, 5.41) is 1.66. The predicted molar refractivity (Wildman–Crippen MR) is 132 cm³/mol. The fraction of sp³-hybridized carbons (Fsp3) is 0.440. The molecule has 1 unspecified atom stereocenters. The third-order valence-corrected chi connectivity index (χ3v) is 6.69. The van der Waals surface area contributed by atoms with Gasteiger partial charge in [0, 0.05) is 11.1 Å². The minimum Gasteiger partial charge on any atom is -1.00 e. The molecule has 0 aromatic heterocycles. The second kappa shape index (κ2) is 13.9. The maximum absolute atomic E-state index is 11.7. The molecule has 1 atom stereocenters. The Balaban J connectivity index is 0.00000324. The van der Waals surface area contributed by atoms with E-state index >= 15 is 0 Å². The van der Waals surface area contributed by atoms with Crippen molar-refractivity contribution in [3.8, 4) is 28.7 Å². The zero-order chi connectivity index (χ0) is 24.7. The number of unbranched alkanes of at least 4 members (excludes halogenated alkanes) is 1. The van der Waals surface area contributed by atoms with Gasteiger partial charge in [0.15, 0.2) is 11.5 Å². The van der Waals surface area contributed by atoms with Crippen molar-refractivity contribution in [2.45, 2.75) is 37.9 Å². The topological polar surface area (TPSA) is 92.3 Å². The first-order valence-corrected chi connectivity index (χ1v) is 11.9. The summed E-state index contributed by atoms with van der Waals surface area (Å²) in [4.78, 5) is 23.0. The van der Waals surface area contributed by atoms with Crippen LogP contribution < -0.4 is 58.6 Å². The minimum absolute atomic E-state index is 0. The van der Waals surface area contributed by atoms with E-state index in [1.807, 2.05) is 31.2 Å². The standard InChI is InChI=1S/C25H31NO7S.Na.H/c1-15-18(21(30-3)23(32-5)22(31-4)20(15)29-2)8-6-7-13-33-17-11-9-16(10-12-17)14-19-24(27)26-25(28)34-19;;/h9-12,19H,6-8,13-14H2,1-5H3,(H,26,27,28);;/q;+1;-1. The van der Waals surface area contributed by atoms with Crippen LogP contribution in [0.1, 0.15) is 31.0 Å². The Morgan fingerprint density at radius 1 is 0.886 bits per heavy atom. The quantitative estimate of drug-likeness (QED) is 0.337. The summed E-state index contributed by atoms with van der Waals surface area (Å²) in [7, 11) is 6.39. The molecule has 10 heteroatoms. The molecule has 1 aliphatic heterocycles. The Labute approximate surface area is 234 Å². The number of hydrogen-bond donors (Lipinski definition) is 1. The molecule has 2 aromatic rings. The number of carbonyl (C=O) groups is 2. The number of imide groups is 1. The Kier molecular flexibility index (Phi) is 11.6. The smallest absolute Gasteiger partial charge is 1.00 e. The van der Waals surface area contributed by atoms with Gasteiger partial charge in [0.25, 0.3) is 5.24 Å².